The molecule has 1 saturated heterocycles. The molecule has 0 aromatic carbocycles. The molecule has 0 saturated carbocycles. The van der Waals surface area contributed by atoms with Crippen LogP contribution in [0.1, 0.15) is 49.0 Å². The van der Waals surface area contributed by atoms with Crippen molar-refractivity contribution in [2.45, 2.75) is 33.6 Å². The summed E-state index contributed by atoms with van der Waals surface area (Å²) in [5.41, 5.74) is 0.717. The van der Waals surface area contributed by atoms with Gasteiger partial charge in [-0.15, -0.1) is 0 Å². The Morgan fingerprint density at radius 1 is 1.39 bits per heavy atom. The van der Waals surface area contributed by atoms with E-state index in [0.717, 1.165) is 23.9 Å². The number of aromatic nitrogens is 1. The van der Waals surface area contributed by atoms with Crippen LogP contribution in [-0.4, -0.2) is 29.1 Å². The smallest absolute Gasteiger partial charge is 0.347 e. The summed E-state index contributed by atoms with van der Waals surface area (Å²) < 4.78 is 0. The molecule has 1 aliphatic heterocycles. The lowest BCUT2D eigenvalue weighted by molar-refractivity contribution is 0.0700. The van der Waals surface area contributed by atoms with Crippen LogP contribution in [0.3, 0.4) is 0 Å². The second-order valence-electron chi connectivity index (χ2n) is 5.53. The summed E-state index contributed by atoms with van der Waals surface area (Å²) in [5, 5.41) is 10.1. The van der Waals surface area contributed by atoms with Crippen molar-refractivity contribution >= 4 is 22.4 Å². The van der Waals surface area contributed by atoms with E-state index < -0.39 is 5.97 Å². The second kappa shape index (κ2) is 4.88. The van der Waals surface area contributed by atoms with Gasteiger partial charge >= 0.3 is 5.97 Å². The molecule has 18 heavy (non-hydrogen) atoms. The maximum atomic E-state index is 11.2. The Balaban J connectivity index is 2.30. The number of carboxylic acids is 1. The van der Waals surface area contributed by atoms with Crippen LogP contribution in [0.15, 0.2) is 0 Å². The van der Waals surface area contributed by atoms with Gasteiger partial charge in [0.2, 0.25) is 0 Å². The van der Waals surface area contributed by atoms with Crippen molar-refractivity contribution in [1.29, 1.82) is 0 Å². The quantitative estimate of drug-likeness (QED) is 0.915. The summed E-state index contributed by atoms with van der Waals surface area (Å²) >= 11 is 1.31. The first-order valence-corrected chi connectivity index (χ1v) is 7.20. The molecule has 2 atom stereocenters. The third-order valence-electron chi connectivity index (χ3n) is 3.64. The van der Waals surface area contributed by atoms with Crippen LogP contribution >= 0.6 is 11.3 Å². The maximum Gasteiger partial charge on any atom is 0.347 e. The minimum absolute atomic E-state index is 0.151. The molecule has 1 aromatic heterocycles. The van der Waals surface area contributed by atoms with E-state index in [2.05, 4.69) is 23.7 Å². The van der Waals surface area contributed by atoms with Gasteiger partial charge in [0, 0.05) is 13.1 Å². The number of carboxylic acid groups (broad SMARTS) is 1. The highest BCUT2D eigenvalue weighted by molar-refractivity contribution is 7.17. The van der Waals surface area contributed by atoms with Crippen LogP contribution in [-0.2, 0) is 0 Å². The standard InChI is InChI=1S/C13H20N2O2S/c1-7(2)10-11(12(16)17)18-13(14-10)15-5-8(3)9(4)6-15/h7-9H,5-6H2,1-4H3,(H,16,17). The van der Waals surface area contributed by atoms with Crippen LogP contribution in [0.4, 0.5) is 5.13 Å². The lowest BCUT2D eigenvalue weighted by Crippen LogP contribution is -2.19. The topological polar surface area (TPSA) is 53.4 Å². The molecular formula is C13H20N2O2S. The van der Waals surface area contributed by atoms with Crippen molar-refractivity contribution in [3.63, 3.8) is 0 Å². The summed E-state index contributed by atoms with van der Waals surface area (Å²) in [6.07, 6.45) is 0. The van der Waals surface area contributed by atoms with E-state index in [-0.39, 0.29) is 5.92 Å². The molecule has 5 heteroatoms. The lowest BCUT2D eigenvalue weighted by Gasteiger charge is -2.13. The molecule has 1 N–H and O–H groups in total. The van der Waals surface area contributed by atoms with Gasteiger partial charge in [-0.2, -0.15) is 0 Å². The fraction of sp³-hybridized carbons (Fsp3) is 0.692. The van der Waals surface area contributed by atoms with Crippen molar-refractivity contribution in [3.05, 3.63) is 10.6 Å². The zero-order valence-corrected chi connectivity index (χ0v) is 12.1. The van der Waals surface area contributed by atoms with Gasteiger partial charge in [0.05, 0.1) is 5.69 Å². The van der Waals surface area contributed by atoms with E-state index in [4.69, 9.17) is 0 Å². The molecule has 0 bridgehead atoms. The molecule has 0 amide bonds. The van der Waals surface area contributed by atoms with E-state index in [1.54, 1.807) is 0 Å². The monoisotopic (exact) mass is 268 g/mol. The Bertz CT molecular complexity index is 446. The zero-order valence-electron chi connectivity index (χ0n) is 11.3. The molecule has 4 nitrogen and oxygen atoms in total. The highest BCUT2D eigenvalue weighted by Gasteiger charge is 2.30. The van der Waals surface area contributed by atoms with Gasteiger partial charge in [-0.3, -0.25) is 0 Å². The average Bonchev–Trinajstić information content (AvgIpc) is 2.83. The summed E-state index contributed by atoms with van der Waals surface area (Å²) in [7, 11) is 0. The van der Waals surface area contributed by atoms with Crippen LogP contribution < -0.4 is 4.90 Å². The largest absolute Gasteiger partial charge is 0.477 e. The van der Waals surface area contributed by atoms with E-state index in [9.17, 15) is 9.90 Å². The molecule has 1 aromatic rings. The van der Waals surface area contributed by atoms with Gasteiger partial charge < -0.3 is 10.0 Å². The number of carbonyl (C=O) groups is 1. The lowest BCUT2D eigenvalue weighted by atomic mass is 10.0. The van der Waals surface area contributed by atoms with Crippen molar-refractivity contribution in [2.75, 3.05) is 18.0 Å². The Labute approximate surface area is 112 Å². The van der Waals surface area contributed by atoms with Gasteiger partial charge in [-0.25, -0.2) is 9.78 Å². The van der Waals surface area contributed by atoms with E-state index in [1.807, 2.05) is 13.8 Å². The fourth-order valence-electron chi connectivity index (χ4n) is 2.29. The molecular weight excluding hydrogens is 248 g/mol. The van der Waals surface area contributed by atoms with Gasteiger partial charge in [-0.1, -0.05) is 39.0 Å². The first-order chi connectivity index (χ1) is 8.40. The van der Waals surface area contributed by atoms with Crippen molar-refractivity contribution in [1.82, 2.24) is 4.98 Å². The highest BCUT2D eigenvalue weighted by atomic mass is 32.1. The summed E-state index contributed by atoms with van der Waals surface area (Å²) in [4.78, 5) is 18.4. The minimum Gasteiger partial charge on any atom is -0.477 e. The van der Waals surface area contributed by atoms with Gasteiger partial charge in [-0.05, 0) is 17.8 Å². The number of aromatic carboxylic acids is 1. The number of hydrogen-bond acceptors (Lipinski definition) is 4. The van der Waals surface area contributed by atoms with Gasteiger partial charge in [0.15, 0.2) is 5.13 Å². The number of hydrogen-bond donors (Lipinski definition) is 1. The SMILES string of the molecule is CC(C)c1nc(N2CC(C)C(C)C2)sc1C(=O)O. The van der Waals surface area contributed by atoms with Crippen LogP contribution in [0.5, 0.6) is 0 Å². The summed E-state index contributed by atoms with van der Waals surface area (Å²) in [5.74, 6) is 0.579. The Morgan fingerprint density at radius 2 is 1.94 bits per heavy atom. The summed E-state index contributed by atoms with van der Waals surface area (Å²) in [6, 6.07) is 0. The van der Waals surface area contributed by atoms with Crippen molar-refractivity contribution in [3.8, 4) is 0 Å². The Morgan fingerprint density at radius 3 is 2.33 bits per heavy atom. The van der Waals surface area contributed by atoms with E-state index >= 15 is 0 Å². The third-order valence-corrected chi connectivity index (χ3v) is 4.76. The molecule has 0 aliphatic carbocycles. The molecule has 2 heterocycles. The van der Waals surface area contributed by atoms with Crippen LogP contribution in [0.25, 0.3) is 0 Å². The predicted octanol–water partition coefficient (Wildman–Crippen LogP) is 3.06. The van der Waals surface area contributed by atoms with Crippen molar-refractivity contribution < 1.29 is 9.90 Å². The van der Waals surface area contributed by atoms with Crippen LogP contribution in [0, 0.1) is 11.8 Å². The zero-order chi connectivity index (χ0) is 13.4. The Hall–Kier alpha value is -1.10. The molecule has 2 rings (SSSR count). The fourth-order valence-corrected chi connectivity index (χ4v) is 3.36. The molecule has 1 fully saturated rings. The summed E-state index contributed by atoms with van der Waals surface area (Å²) in [6.45, 7) is 10.4. The number of thiazole rings is 1. The van der Waals surface area contributed by atoms with E-state index in [0.29, 0.717) is 16.7 Å². The average molecular weight is 268 g/mol. The number of nitrogens with zero attached hydrogens (tertiary/aromatic N) is 2. The molecule has 2 unspecified atom stereocenters. The molecule has 1 aliphatic rings. The first kappa shape index (κ1) is 13.3. The Kier molecular flexibility index (Phi) is 3.61. The molecule has 0 radical (unpaired) electrons. The van der Waals surface area contributed by atoms with Crippen LogP contribution in [0.2, 0.25) is 0 Å². The highest BCUT2D eigenvalue weighted by Crippen LogP contribution is 2.34. The van der Waals surface area contributed by atoms with E-state index in [1.165, 1.54) is 11.3 Å². The van der Waals surface area contributed by atoms with Gasteiger partial charge in [0.25, 0.3) is 0 Å². The number of anilines is 1. The third kappa shape index (κ3) is 2.36. The maximum absolute atomic E-state index is 11.2. The molecule has 0 spiro atoms. The minimum atomic E-state index is -0.859. The number of rotatable bonds is 3. The first-order valence-electron chi connectivity index (χ1n) is 6.39. The predicted molar refractivity (Wildman–Crippen MR) is 73.7 cm³/mol. The molecule has 100 valence electrons. The van der Waals surface area contributed by atoms with Gasteiger partial charge in [0.1, 0.15) is 4.88 Å². The van der Waals surface area contributed by atoms with Crippen molar-refractivity contribution in [2.24, 2.45) is 11.8 Å². The normalized spacial score (nSPS) is 23.9. The second-order valence-corrected chi connectivity index (χ2v) is 6.51.